The first-order valence-corrected chi connectivity index (χ1v) is 12.1. The van der Waals surface area contributed by atoms with Gasteiger partial charge >= 0.3 is 0 Å². The topological polar surface area (TPSA) is 90.6 Å². The van der Waals surface area contributed by atoms with E-state index in [9.17, 15) is 9.59 Å². The van der Waals surface area contributed by atoms with Crippen molar-refractivity contribution in [3.63, 3.8) is 0 Å². The summed E-state index contributed by atoms with van der Waals surface area (Å²) in [6.07, 6.45) is 6.95. The molecule has 0 saturated carbocycles. The fourth-order valence-electron chi connectivity index (χ4n) is 3.89. The average molecular weight is 497 g/mol. The van der Waals surface area contributed by atoms with Gasteiger partial charge in [0, 0.05) is 16.0 Å². The van der Waals surface area contributed by atoms with Crippen molar-refractivity contribution in [1.29, 1.82) is 0 Å². The minimum absolute atomic E-state index is 0.330. The standard InChI is InChI=1S/C26H25ClN2O4S/c1-32-21-14-16(8-12-20(21)33-15-17-6-10-18(27)11-7-17)9-13-23(30)29-26-24(25(28)31)19-4-2-3-5-22(19)34-26/h6-14H,2-5,15H2,1H3,(H2,28,31)(H,29,30). The number of carbonyl (C=O) groups excluding carboxylic acids is 2. The van der Waals surface area contributed by atoms with Crippen LogP contribution in [0.25, 0.3) is 6.08 Å². The number of anilines is 1. The van der Waals surface area contributed by atoms with Crippen molar-refractivity contribution in [3.8, 4) is 11.5 Å². The van der Waals surface area contributed by atoms with Gasteiger partial charge in [0.25, 0.3) is 5.91 Å². The van der Waals surface area contributed by atoms with Crippen LogP contribution in [0.15, 0.2) is 48.5 Å². The maximum Gasteiger partial charge on any atom is 0.251 e. The van der Waals surface area contributed by atoms with Crippen LogP contribution in [0.4, 0.5) is 5.00 Å². The lowest BCUT2D eigenvalue weighted by molar-refractivity contribution is -0.111. The number of aryl methyl sites for hydroxylation is 1. The molecule has 1 aromatic heterocycles. The molecular formula is C26H25ClN2O4S. The Labute approximate surface area is 207 Å². The molecule has 0 spiro atoms. The van der Waals surface area contributed by atoms with Gasteiger partial charge in [-0.25, -0.2) is 0 Å². The summed E-state index contributed by atoms with van der Waals surface area (Å²) in [4.78, 5) is 25.7. The first-order valence-electron chi connectivity index (χ1n) is 10.9. The molecule has 1 aliphatic rings. The molecule has 3 N–H and O–H groups in total. The molecule has 1 aliphatic carbocycles. The number of methoxy groups -OCH3 is 1. The van der Waals surface area contributed by atoms with Crippen LogP contribution in [0, 0.1) is 0 Å². The first-order chi connectivity index (χ1) is 16.4. The van der Waals surface area contributed by atoms with Gasteiger partial charge in [0.15, 0.2) is 11.5 Å². The van der Waals surface area contributed by atoms with Gasteiger partial charge in [-0.15, -0.1) is 11.3 Å². The Hall–Kier alpha value is -3.29. The second kappa shape index (κ2) is 10.8. The summed E-state index contributed by atoms with van der Waals surface area (Å²) in [6.45, 7) is 0.373. The molecular weight excluding hydrogens is 472 g/mol. The Bertz CT molecular complexity index is 1230. The summed E-state index contributed by atoms with van der Waals surface area (Å²) in [7, 11) is 1.56. The number of nitrogens with one attached hydrogen (secondary N) is 1. The van der Waals surface area contributed by atoms with E-state index in [1.807, 2.05) is 30.3 Å². The number of primary amides is 1. The number of ether oxygens (including phenoxy) is 2. The van der Waals surface area contributed by atoms with E-state index in [0.717, 1.165) is 47.3 Å². The summed E-state index contributed by atoms with van der Waals surface area (Å²) < 4.78 is 11.3. The largest absolute Gasteiger partial charge is 0.493 e. The van der Waals surface area contributed by atoms with Crippen LogP contribution < -0.4 is 20.5 Å². The van der Waals surface area contributed by atoms with Crippen LogP contribution >= 0.6 is 22.9 Å². The van der Waals surface area contributed by atoms with E-state index in [-0.39, 0.29) is 5.91 Å². The summed E-state index contributed by atoms with van der Waals surface area (Å²) >= 11 is 7.36. The lowest BCUT2D eigenvalue weighted by Gasteiger charge is -2.11. The molecule has 2 aromatic carbocycles. The number of hydrogen-bond donors (Lipinski definition) is 2. The molecule has 0 radical (unpaired) electrons. The molecule has 2 amide bonds. The van der Waals surface area contributed by atoms with E-state index in [2.05, 4.69) is 5.32 Å². The number of hydrogen-bond acceptors (Lipinski definition) is 5. The van der Waals surface area contributed by atoms with Crippen LogP contribution in [0.2, 0.25) is 5.02 Å². The Morgan fingerprint density at radius 3 is 2.62 bits per heavy atom. The third kappa shape index (κ3) is 5.61. The zero-order chi connectivity index (χ0) is 24.1. The lowest BCUT2D eigenvalue weighted by Crippen LogP contribution is -2.17. The Kier molecular flexibility index (Phi) is 7.55. The molecule has 176 valence electrons. The zero-order valence-corrected chi connectivity index (χ0v) is 20.3. The Balaban J connectivity index is 1.43. The molecule has 0 saturated heterocycles. The second-order valence-electron chi connectivity index (χ2n) is 7.93. The molecule has 6 nitrogen and oxygen atoms in total. The van der Waals surface area contributed by atoms with E-state index in [4.69, 9.17) is 26.8 Å². The number of carbonyl (C=O) groups is 2. The monoisotopic (exact) mass is 496 g/mol. The van der Waals surface area contributed by atoms with Gasteiger partial charge in [-0.3, -0.25) is 9.59 Å². The van der Waals surface area contributed by atoms with Gasteiger partial charge in [0.1, 0.15) is 11.6 Å². The van der Waals surface area contributed by atoms with Gasteiger partial charge < -0.3 is 20.5 Å². The van der Waals surface area contributed by atoms with Crippen LogP contribution in [-0.4, -0.2) is 18.9 Å². The van der Waals surface area contributed by atoms with E-state index >= 15 is 0 Å². The van der Waals surface area contributed by atoms with Gasteiger partial charge in [0.05, 0.1) is 12.7 Å². The van der Waals surface area contributed by atoms with Gasteiger partial charge in [0.2, 0.25) is 5.91 Å². The van der Waals surface area contributed by atoms with Crippen molar-refractivity contribution in [2.24, 2.45) is 5.73 Å². The highest BCUT2D eigenvalue weighted by molar-refractivity contribution is 7.17. The molecule has 0 unspecified atom stereocenters. The van der Waals surface area contributed by atoms with Crippen molar-refractivity contribution in [3.05, 3.63) is 80.7 Å². The highest BCUT2D eigenvalue weighted by atomic mass is 35.5. The molecule has 1 heterocycles. The summed E-state index contributed by atoms with van der Waals surface area (Å²) in [5, 5.41) is 4.03. The third-order valence-corrected chi connectivity index (χ3v) is 7.04. The SMILES string of the molecule is COc1cc(C=CC(=O)Nc2sc3c(c2C(N)=O)CCCC3)ccc1OCc1ccc(Cl)cc1. The third-order valence-electron chi connectivity index (χ3n) is 5.58. The minimum atomic E-state index is -0.502. The molecule has 0 atom stereocenters. The van der Waals surface area contributed by atoms with Crippen molar-refractivity contribution in [2.45, 2.75) is 32.3 Å². The molecule has 8 heteroatoms. The number of rotatable bonds is 8. The molecule has 0 bridgehead atoms. The quantitative estimate of drug-likeness (QED) is 0.396. The normalized spacial score (nSPS) is 12.9. The predicted molar refractivity (Wildman–Crippen MR) is 136 cm³/mol. The van der Waals surface area contributed by atoms with Crippen molar-refractivity contribution < 1.29 is 19.1 Å². The zero-order valence-electron chi connectivity index (χ0n) is 18.7. The Morgan fingerprint density at radius 1 is 1.12 bits per heavy atom. The number of halogens is 1. The highest BCUT2D eigenvalue weighted by Crippen LogP contribution is 2.38. The molecule has 0 fully saturated rings. The molecule has 4 rings (SSSR count). The first kappa shape index (κ1) is 23.9. The number of benzene rings is 2. The maximum absolute atomic E-state index is 12.6. The number of fused-ring (bicyclic) bond motifs is 1. The second-order valence-corrected chi connectivity index (χ2v) is 9.47. The van der Waals surface area contributed by atoms with E-state index in [1.54, 1.807) is 25.3 Å². The summed E-state index contributed by atoms with van der Waals surface area (Å²) in [5.41, 5.74) is 8.80. The van der Waals surface area contributed by atoms with Crippen LogP contribution in [0.1, 0.15) is 44.8 Å². The van der Waals surface area contributed by atoms with E-state index < -0.39 is 5.91 Å². The fraction of sp³-hybridized carbons (Fsp3) is 0.231. The minimum Gasteiger partial charge on any atom is -0.493 e. The molecule has 3 aromatic rings. The molecule has 34 heavy (non-hydrogen) atoms. The predicted octanol–water partition coefficient (Wildman–Crippen LogP) is 5.62. The van der Waals surface area contributed by atoms with Gasteiger partial charge in [-0.1, -0.05) is 29.8 Å². The fourth-order valence-corrected chi connectivity index (χ4v) is 5.31. The van der Waals surface area contributed by atoms with Gasteiger partial charge in [-0.2, -0.15) is 0 Å². The average Bonchev–Trinajstić information content (AvgIpc) is 3.20. The van der Waals surface area contributed by atoms with Gasteiger partial charge in [-0.05, 0) is 72.7 Å². The van der Waals surface area contributed by atoms with Crippen molar-refractivity contribution in [1.82, 2.24) is 0 Å². The lowest BCUT2D eigenvalue weighted by atomic mass is 9.95. The van der Waals surface area contributed by atoms with Crippen LogP contribution in [0.3, 0.4) is 0 Å². The van der Waals surface area contributed by atoms with E-state index in [1.165, 1.54) is 17.4 Å². The number of thiophene rings is 1. The number of amides is 2. The summed E-state index contributed by atoms with van der Waals surface area (Å²) in [6, 6.07) is 12.9. The molecule has 0 aliphatic heterocycles. The maximum atomic E-state index is 12.6. The van der Waals surface area contributed by atoms with Crippen LogP contribution in [-0.2, 0) is 24.2 Å². The highest BCUT2D eigenvalue weighted by Gasteiger charge is 2.24. The Morgan fingerprint density at radius 2 is 1.88 bits per heavy atom. The van der Waals surface area contributed by atoms with Crippen LogP contribution in [0.5, 0.6) is 11.5 Å². The van der Waals surface area contributed by atoms with Crippen molar-refractivity contribution >= 4 is 45.8 Å². The number of nitrogens with two attached hydrogens (primary N) is 1. The summed E-state index contributed by atoms with van der Waals surface area (Å²) in [5.74, 6) is 0.313. The van der Waals surface area contributed by atoms with Crippen molar-refractivity contribution in [2.75, 3.05) is 12.4 Å². The smallest absolute Gasteiger partial charge is 0.251 e. The van der Waals surface area contributed by atoms with E-state index in [0.29, 0.717) is 33.7 Å².